The maximum absolute atomic E-state index is 9.60. The average Bonchev–Trinajstić information content (AvgIpc) is 2.62. The highest BCUT2D eigenvalue weighted by molar-refractivity contribution is 5.42. The second-order valence-electron chi connectivity index (χ2n) is 5.95. The van der Waals surface area contributed by atoms with Gasteiger partial charge < -0.3 is 20.1 Å². The van der Waals surface area contributed by atoms with Gasteiger partial charge in [0.05, 0.1) is 18.8 Å². The molecule has 3 rings (SSSR count). The lowest BCUT2D eigenvalue weighted by atomic mass is 10.1. The molecule has 0 amide bonds. The first-order valence-corrected chi connectivity index (χ1v) is 8.27. The summed E-state index contributed by atoms with van der Waals surface area (Å²) in [5.74, 6) is 2.22. The minimum atomic E-state index is -0.189. The monoisotopic (exact) mass is 329 g/mol. The highest BCUT2D eigenvalue weighted by atomic mass is 16.5. The molecule has 3 heterocycles. The lowest BCUT2D eigenvalue weighted by Gasteiger charge is -2.30. The zero-order valence-corrected chi connectivity index (χ0v) is 13.8. The van der Waals surface area contributed by atoms with Gasteiger partial charge in [0.15, 0.2) is 0 Å². The van der Waals surface area contributed by atoms with Gasteiger partial charge in [-0.2, -0.15) is 4.98 Å². The molecule has 7 nitrogen and oxygen atoms in total. The van der Waals surface area contributed by atoms with Crippen LogP contribution in [0, 0.1) is 0 Å². The van der Waals surface area contributed by atoms with Gasteiger partial charge in [-0.05, 0) is 38.0 Å². The molecule has 1 fully saturated rings. The molecule has 7 heteroatoms. The third-order valence-corrected chi connectivity index (χ3v) is 3.95. The number of anilines is 2. The maximum Gasteiger partial charge on any atom is 0.224 e. The SMILES string of the molecule is C[C@H](CNc1nccc(N2CCC(O)CC2)n1)Oc1cccnc1. The van der Waals surface area contributed by atoms with E-state index in [4.69, 9.17) is 4.74 Å². The first kappa shape index (κ1) is 16.4. The largest absolute Gasteiger partial charge is 0.487 e. The van der Waals surface area contributed by atoms with Crippen LogP contribution in [0.2, 0.25) is 0 Å². The van der Waals surface area contributed by atoms with Crippen LogP contribution in [-0.4, -0.2) is 51.9 Å². The van der Waals surface area contributed by atoms with Gasteiger partial charge >= 0.3 is 0 Å². The Morgan fingerprint density at radius 2 is 2.17 bits per heavy atom. The molecule has 0 saturated carbocycles. The molecular formula is C17H23N5O2. The van der Waals surface area contributed by atoms with Crippen molar-refractivity contribution < 1.29 is 9.84 Å². The van der Waals surface area contributed by atoms with Crippen LogP contribution >= 0.6 is 0 Å². The van der Waals surface area contributed by atoms with E-state index in [9.17, 15) is 5.11 Å². The second kappa shape index (κ2) is 7.92. The summed E-state index contributed by atoms with van der Waals surface area (Å²) in [6.07, 6.45) is 6.50. The quantitative estimate of drug-likeness (QED) is 0.834. The van der Waals surface area contributed by atoms with Crippen molar-refractivity contribution in [3.05, 3.63) is 36.8 Å². The van der Waals surface area contributed by atoms with Gasteiger partial charge in [-0.1, -0.05) is 0 Å². The maximum atomic E-state index is 9.60. The average molecular weight is 329 g/mol. The summed E-state index contributed by atoms with van der Waals surface area (Å²) in [5, 5.41) is 12.8. The highest BCUT2D eigenvalue weighted by Gasteiger charge is 2.18. The minimum Gasteiger partial charge on any atom is -0.487 e. The van der Waals surface area contributed by atoms with E-state index < -0.39 is 0 Å². The minimum absolute atomic E-state index is 0.0356. The zero-order chi connectivity index (χ0) is 16.8. The Balaban J connectivity index is 1.53. The molecule has 2 aromatic heterocycles. The Kier molecular flexibility index (Phi) is 5.43. The van der Waals surface area contributed by atoms with Gasteiger partial charge in [-0.15, -0.1) is 0 Å². The Bertz CT molecular complexity index is 632. The van der Waals surface area contributed by atoms with Crippen LogP contribution in [-0.2, 0) is 0 Å². The molecule has 0 spiro atoms. The van der Waals surface area contributed by atoms with Gasteiger partial charge in [0, 0.05) is 25.5 Å². The first-order valence-electron chi connectivity index (χ1n) is 8.27. The lowest BCUT2D eigenvalue weighted by molar-refractivity contribution is 0.145. The Hall–Kier alpha value is -2.41. The van der Waals surface area contributed by atoms with Crippen LogP contribution in [0.4, 0.5) is 11.8 Å². The van der Waals surface area contributed by atoms with E-state index in [-0.39, 0.29) is 12.2 Å². The van der Waals surface area contributed by atoms with Crippen molar-refractivity contribution in [3.63, 3.8) is 0 Å². The fourth-order valence-corrected chi connectivity index (χ4v) is 2.63. The molecule has 0 aromatic carbocycles. The van der Waals surface area contributed by atoms with E-state index in [2.05, 4.69) is 25.2 Å². The van der Waals surface area contributed by atoms with Crippen LogP contribution in [0.1, 0.15) is 19.8 Å². The van der Waals surface area contributed by atoms with Crippen molar-refractivity contribution in [3.8, 4) is 5.75 Å². The van der Waals surface area contributed by atoms with E-state index in [0.29, 0.717) is 12.5 Å². The number of nitrogens with zero attached hydrogens (tertiary/aromatic N) is 4. The predicted molar refractivity (Wildman–Crippen MR) is 92.3 cm³/mol. The number of rotatable bonds is 6. The molecule has 1 saturated heterocycles. The van der Waals surface area contributed by atoms with Crippen LogP contribution in [0.3, 0.4) is 0 Å². The van der Waals surface area contributed by atoms with Gasteiger partial charge in [0.2, 0.25) is 5.95 Å². The molecule has 2 N–H and O–H groups in total. The first-order chi connectivity index (χ1) is 11.7. The summed E-state index contributed by atoms with van der Waals surface area (Å²) in [6, 6.07) is 5.63. The van der Waals surface area contributed by atoms with Crippen molar-refractivity contribution in [2.75, 3.05) is 29.9 Å². The number of aliphatic hydroxyl groups excluding tert-OH is 1. The zero-order valence-electron chi connectivity index (χ0n) is 13.8. The van der Waals surface area contributed by atoms with Crippen LogP contribution in [0.5, 0.6) is 5.75 Å². The fraction of sp³-hybridized carbons (Fsp3) is 0.471. The molecule has 128 valence electrons. The van der Waals surface area contributed by atoms with E-state index in [1.807, 2.05) is 25.1 Å². The van der Waals surface area contributed by atoms with Crippen molar-refractivity contribution in [1.82, 2.24) is 15.0 Å². The predicted octanol–water partition coefficient (Wildman–Crippen LogP) is 1.71. The van der Waals surface area contributed by atoms with Crippen molar-refractivity contribution in [2.24, 2.45) is 0 Å². The van der Waals surface area contributed by atoms with E-state index >= 15 is 0 Å². The fourth-order valence-electron chi connectivity index (χ4n) is 2.63. The molecule has 1 atom stereocenters. The Morgan fingerprint density at radius 1 is 1.33 bits per heavy atom. The molecule has 0 radical (unpaired) electrons. The van der Waals surface area contributed by atoms with Crippen LogP contribution in [0.25, 0.3) is 0 Å². The molecule has 24 heavy (non-hydrogen) atoms. The summed E-state index contributed by atoms with van der Waals surface area (Å²) in [7, 11) is 0. The van der Waals surface area contributed by atoms with Crippen molar-refractivity contribution >= 4 is 11.8 Å². The van der Waals surface area contributed by atoms with E-state index in [1.165, 1.54) is 0 Å². The molecule has 0 unspecified atom stereocenters. The molecule has 1 aliphatic rings. The van der Waals surface area contributed by atoms with Gasteiger partial charge in [-0.3, -0.25) is 4.98 Å². The number of piperidine rings is 1. The smallest absolute Gasteiger partial charge is 0.224 e. The number of hydrogen-bond acceptors (Lipinski definition) is 7. The third-order valence-electron chi connectivity index (χ3n) is 3.95. The molecule has 0 aliphatic carbocycles. The molecule has 2 aromatic rings. The van der Waals surface area contributed by atoms with Crippen molar-refractivity contribution in [2.45, 2.75) is 32.0 Å². The number of ether oxygens (including phenoxy) is 1. The second-order valence-corrected chi connectivity index (χ2v) is 5.95. The molecule has 0 bridgehead atoms. The standard InChI is InChI=1S/C17H23N5O2/c1-13(24-15-3-2-7-18-12-15)11-20-17-19-8-4-16(21-17)22-9-5-14(23)6-10-22/h2-4,7-8,12-14,23H,5-6,9-11H2,1H3,(H,19,20,21)/t13-/m1/s1. The van der Waals surface area contributed by atoms with Gasteiger partial charge in [-0.25, -0.2) is 4.98 Å². The summed E-state index contributed by atoms with van der Waals surface area (Å²) >= 11 is 0. The van der Waals surface area contributed by atoms with E-state index in [0.717, 1.165) is 37.5 Å². The molecular weight excluding hydrogens is 306 g/mol. The summed E-state index contributed by atoms with van der Waals surface area (Å²) in [6.45, 7) is 4.21. The highest BCUT2D eigenvalue weighted by Crippen LogP contribution is 2.18. The van der Waals surface area contributed by atoms with Crippen LogP contribution in [0.15, 0.2) is 36.8 Å². The number of nitrogens with one attached hydrogen (secondary N) is 1. The van der Waals surface area contributed by atoms with Crippen molar-refractivity contribution in [1.29, 1.82) is 0 Å². The number of aromatic nitrogens is 3. The van der Waals surface area contributed by atoms with E-state index in [1.54, 1.807) is 18.6 Å². The topological polar surface area (TPSA) is 83.4 Å². The van der Waals surface area contributed by atoms with Gasteiger partial charge in [0.1, 0.15) is 17.7 Å². The summed E-state index contributed by atoms with van der Waals surface area (Å²) < 4.78 is 5.78. The number of hydrogen-bond donors (Lipinski definition) is 2. The Morgan fingerprint density at radius 3 is 2.92 bits per heavy atom. The summed E-state index contributed by atoms with van der Waals surface area (Å²) in [4.78, 5) is 15.0. The van der Waals surface area contributed by atoms with Crippen LogP contribution < -0.4 is 15.0 Å². The normalized spacial score (nSPS) is 16.7. The Labute approximate surface area is 141 Å². The van der Waals surface area contributed by atoms with Gasteiger partial charge in [0.25, 0.3) is 0 Å². The third kappa shape index (κ3) is 4.55. The lowest BCUT2D eigenvalue weighted by Crippen LogP contribution is -2.36. The number of aliphatic hydroxyl groups is 1. The number of pyridine rings is 1. The summed E-state index contributed by atoms with van der Waals surface area (Å²) in [5.41, 5.74) is 0. The molecule has 1 aliphatic heterocycles.